The molecule has 1 aromatic carbocycles. The quantitative estimate of drug-likeness (QED) is 0.447. The summed E-state index contributed by atoms with van der Waals surface area (Å²) < 4.78 is 56.6. The monoisotopic (exact) mass is 612 g/mol. The normalized spacial score (nSPS) is 23.2. The number of likely N-dealkylation sites (tertiary alicyclic amines) is 1. The highest BCUT2D eigenvalue weighted by Crippen LogP contribution is 2.32. The van der Waals surface area contributed by atoms with E-state index in [-0.39, 0.29) is 36.6 Å². The Balaban J connectivity index is 0.00000253. The molecule has 220 valence electrons. The first-order valence-corrected chi connectivity index (χ1v) is 16.5. The predicted molar refractivity (Wildman–Crippen MR) is 159 cm³/mol. The van der Waals surface area contributed by atoms with Crippen molar-refractivity contribution in [3.8, 4) is 0 Å². The summed E-state index contributed by atoms with van der Waals surface area (Å²) in [5.74, 6) is 0.0915. The van der Waals surface area contributed by atoms with Gasteiger partial charge in [-0.15, -0.1) is 24.8 Å². The van der Waals surface area contributed by atoms with Crippen LogP contribution in [-0.2, 0) is 20.0 Å². The zero-order chi connectivity index (χ0) is 26.1. The first-order chi connectivity index (χ1) is 17.0. The molecule has 3 saturated heterocycles. The molecule has 3 aliphatic rings. The number of halogens is 2. The highest BCUT2D eigenvalue weighted by Gasteiger charge is 2.37. The molecule has 0 spiro atoms. The Morgan fingerprint density at radius 1 is 0.816 bits per heavy atom. The van der Waals surface area contributed by atoms with E-state index < -0.39 is 20.0 Å². The molecule has 38 heavy (non-hydrogen) atoms. The zero-order valence-corrected chi connectivity index (χ0v) is 26.5. The Kier molecular flexibility index (Phi) is 12.4. The van der Waals surface area contributed by atoms with Gasteiger partial charge in [0, 0.05) is 44.8 Å². The van der Waals surface area contributed by atoms with Gasteiger partial charge in [-0.1, -0.05) is 17.7 Å². The van der Waals surface area contributed by atoms with Crippen molar-refractivity contribution in [3.63, 3.8) is 0 Å². The van der Waals surface area contributed by atoms with Gasteiger partial charge in [0.25, 0.3) is 0 Å². The van der Waals surface area contributed by atoms with Crippen LogP contribution in [0.15, 0.2) is 17.0 Å². The zero-order valence-electron chi connectivity index (χ0n) is 23.3. The Hall–Kier alpha value is -0.460. The van der Waals surface area contributed by atoms with Crippen molar-refractivity contribution >= 4 is 44.9 Å². The van der Waals surface area contributed by atoms with Crippen LogP contribution in [0.1, 0.15) is 55.2 Å². The largest absolute Gasteiger partial charge is 0.306 e. The fourth-order valence-electron chi connectivity index (χ4n) is 6.44. The lowest BCUT2D eigenvalue weighted by Crippen LogP contribution is -2.54. The molecular weight excluding hydrogens is 567 g/mol. The van der Waals surface area contributed by atoms with E-state index in [9.17, 15) is 16.8 Å². The Bertz CT molecular complexity index is 1110. The van der Waals surface area contributed by atoms with Crippen LogP contribution >= 0.6 is 24.8 Å². The Morgan fingerprint density at radius 3 is 1.97 bits per heavy atom. The highest BCUT2D eigenvalue weighted by molar-refractivity contribution is 7.89. The summed E-state index contributed by atoms with van der Waals surface area (Å²) in [5, 5.41) is 0. The van der Waals surface area contributed by atoms with E-state index in [1.165, 1.54) is 0 Å². The fraction of sp³-hybridized carbons (Fsp3) is 0.769. The fourth-order valence-corrected chi connectivity index (χ4v) is 10.1. The molecule has 1 atom stereocenters. The van der Waals surface area contributed by atoms with Gasteiger partial charge in [-0.25, -0.2) is 16.8 Å². The summed E-state index contributed by atoms with van der Waals surface area (Å²) >= 11 is 0. The smallest absolute Gasteiger partial charge is 0.243 e. The molecule has 0 aromatic heterocycles. The van der Waals surface area contributed by atoms with Crippen molar-refractivity contribution in [1.29, 1.82) is 0 Å². The number of rotatable bonds is 8. The molecule has 3 aliphatic heterocycles. The van der Waals surface area contributed by atoms with Gasteiger partial charge >= 0.3 is 0 Å². The maximum Gasteiger partial charge on any atom is 0.243 e. The number of piperidine rings is 1. The number of nitrogens with zero attached hydrogens (tertiary/aromatic N) is 4. The van der Waals surface area contributed by atoms with Crippen LogP contribution < -0.4 is 0 Å². The average molecular weight is 614 g/mol. The number of hydrogen-bond acceptors (Lipinski definition) is 6. The van der Waals surface area contributed by atoms with E-state index in [0.717, 1.165) is 68.6 Å². The van der Waals surface area contributed by atoms with Gasteiger partial charge in [0.1, 0.15) is 0 Å². The summed E-state index contributed by atoms with van der Waals surface area (Å²) in [6, 6.07) is 4.28. The van der Waals surface area contributed by atoms with Crippen molar-refractivity contribution in [2.24, 2.45) is 0 Å². The van der Waals surface area contributed by atoms with Gasteiger partial charge in [-0.2, -0.15) is 8.61 Å². The summed E-state index contributed by atoms with van der Waals surface area (Å²) in [6.45, 7) is 11.1. The first-order valence-electron chi connectivity index (χ1n) is 13.5. The molecule has 0 N–H and O–H groups in total. The molecule has 3 fully saturated rings. The van der Waals surface area contributed by atoms with Crippen molar-refractivity contribution in [2.45, 2.75) is 76.3 Å². The van der Waals surface area contributed by atoms with Crippen LogP contribution in [0, 0.1) is 20.8 Å². The maximum atomic E-state index is 13.6. The number of sulfonamides is 2. The van der Waals surface area contributed by atoms with Crippen LogP contribution in [0.2, 0.25) is 0 Å². The topological polar surface area (TPSA) is 81.2 Å². The second kappa shape index (κ2) is 13.9. The second-order valence-corrected chi connectivity index (χ2v) is 15.0. The minimum atomic E-state index is -3.61. The molecule has 0 saturated carbocycles. The molecule has 3 heterocycles. The molecule has 0 amide bonds. The number of hydrogen-bond donors (Lipinski definition) is 0. The third kappa shape index (κ3) is 7.63. The SMILES string of the molecule is Cc1cc(C)c(S(=O)(=O)N2CCC[C@@H]2CCCS(=O)(=O)N2CCN(C3CCN(C)CC3)CC2)c(C)c1.Cl.Cl. The van der Waals surface area contributed by atoms with Gasteiger partial charge in [-0.3, -0.25) is 4.90 Å². The van der Waals surface area contributed by atoms with E-state index >= 15 is 0 Å². The minimum absolute atomic E-state index is 0. The molecule has 0 aliphatic carbocycles. The van der Waals surface area contributed by atoms with Gasteiger partial charge in [0.15, 0.2) is 0 Å². The lowest BCUT2D eigenvalue weighted by Gasteiger charge is -2.41. The third-order valence-electron chi connectivity index (χ3n) is 8.31. The van der Waals surface area contributed by atoms with Crippen molar-refractivity contribution in [2.75, 3.05) is 58.6 Å². The van der Waals surface area contributed by atoms with Crippen LogP contribution in [0.25, 0.3) is 0 Å². The maximum absolute atomic E-state index is 13.6. The summed E-state index contributed by atoms with van der Waals surface area (Å²) in [5.41, 5.74) is 2.61. The standard InChI is InChI=1S/C26H44N4O4S2.2ClH/c1-21-19-22(2)26(23(3)20-21)36(33,34)30-11-5-7-25(30)8-6-18-35(31,32)29-16-14-28(15-17-29)24-9-12-27(4)13-10-24;;/h19-20,24-25H,5-18H2,1-4H3;2*1H/t25-;;/m1../s1. The summed E-state index contributed by atoms with van der Waals surface area (Å²) in [6.07, 6.45) is 4.99. The lowest BCUT2D eigenvalue weighted by molar-refractivity contribution is 0.0892. The second-order valence-electron chi connectivity index (χ2n) is 11.1. The van der Waals surface area contributed by atoms with E-state index in [4.69, 9.17) is 0 Å². The minimum Gasteiger partial charge on any atom is -0.306 e. The van der Waals surface area contributed by atoms with Gasteiger partial charge in [0.05, 0.1) is 10.6 Å². The molecule has 0 unspecified atom stereocenters. The number of benzene rings is 1. The molecule has 0 bridgehead atoms. The molecule has 4 rings (SSSR count). The van der Waals surface area contributed by atoms with Crippen LogP contribution in [0.4, 0.5) is 0 Å². The van der Waals surface area contributed by atoms with Gasteiger partial charge in [0.2, 0.25) is 20.0 Å². The third-order valence-corrected chi connectivity index (χ3v) is 12.5. The van der Waals surface area contributed by atoms with E-state index in [1.807, 2.05) is 32.9 Å². The number of piperazine rings is 1. The number of aryl methyl sites for hydroxylation is 3. The molecule has 12 heteroatoms. The molecule has 8 nitrogen and oxygen atoms in total. The predicted octanol–water partition coefficient (Wildman–Crippen LogP) is 3.43. The molecule has 1 aromatic rings. The van der Waals surface area contributed by atoms with Crippen LogP contribution in [0.5, 0.6) is 0 Å². The van der Waals surface area contributed by atoms with E-state index in [1.54, 1.807) is 8.61 Å². The Morgan fingerprint density at radius 2 is 1.39 bits per heavy atom. The molecular formula is C26H46Cl2N4O4S2. The van der Waals surface area contributed by atoms with Crippen molar-refractivity contribution in [1.82, 2.24) is 18.4 Å². The molecule has 0 radical (unpaired) electrons. The lowest BCUT2D eigenvalue weighted by atomic mass is 10.0. The van der Waals surface area contributed by atoms with E-state index in [2.05, 4.69) is 16.8 Å². The highest BCUT2D eigenvalue weighted by atomic mass is 35.5. The van der Waals surface area contributed by atoms with Crippen molar-refractivity contribution < 1.29 is 16.8 Å². The Labute approximate surface area is 243 Å². The van der Waals surface area contributed by atoms with Gasteiger partial charge in [-0.05, 0) is 90.6 Å². The van der Waals surface area contributed by atoms with Crippen LogP contribution in [0.3, 0.4) is 0 Å². The summed E-state index contributed by atoms with van der Waals surface area (Å²) in [7, 11) is -4.78. The van der Waals surface area contributed by atoms with Crippen LogP contribution in [-0.4, -0.2) is 106 Å². The van der Waals surface area contributed by atoms with Gasteiger partial charge < -0.3 is 4.90 Å². The van der Waals surface area contributed by atoms with E-state index in [0.29, 0.717) is 43.4 Å². The average Bonchev–Trinajstić information content (AvgIpc) is 3.28. The van der Waals surface area contributed by atoms with Crippen molar-refractivity contribution in [3.05, 3.63) is 28.8 Å². The summed E-state index contributed by atoms with van der Waals surface area (Å²) in [4.78, 5) is 5.24. The first kappa shape index (κ1) is 33.7.